The van der Waals surface area contributed by atoms with Crippen LogP contribution in [0.2, 0.25) is 0 Å². The average Bonchev–Trinajstić information content (AvgIpc) is 3.61. The molecule has 0 radical (unpaired) electrons. The maximum Gasteiger partial charge on any atom is 0.236 e. The molecule has 9 rings (SSSR count). The zero-order valence-electron chi connectivity index (χ0n) is 30.9. The molecule has 0 fully saturated rings. The van der Waals surface area contributed by atoms with Gasteiger partial charge in [-0.2, -0.15) is 4.99 Å². The van der Waals surface area contributed by atoms with Gasteiger partial charge in [-0.15, -0.1) is 0 Å². The Morgan fingerprint density at radius 2 is 1.21 bits per heavy atom. The minimum Gasteiger partial charge on any atom is -0.276 e. The van der Waals surface area contributed by atoms with Crippen molar-refractivity contribution < 1.29 is 0 Å². The number of hydrogen-bond donors (Lipinski definition) is 0. The predicted molar refractivity (Wildman–Crippen MR) is 233 cm³/mol. The van der Waals surface area contributed by atoms with Crippen LogP contribution in [0.15, 0.2) is 203 Å². The standard InChI is InChI=1S/C51H39N5/c1-52-51(55-50(40-25-15-6-16-26-40)54-35-36-17-7-2-8-18-36)56-47-28-27-41(34-46(47)45-29-30-53-48(49(45)56)39-23-13-5-14-24-39)44-32-42(37-19-9-3-10-20-37)31-43(33-44)38-21-11-4-12-22-38/h2-33,41H,1,34-35H2. The number of hydrogen-bond acceptors (Lipinski definition) is 2. The van der Waals surface area contributed by atoms with Crippen LogP contribution in [-0.2, 0) is 13.0 Å². The van der Waals surface area contributed by atoms with Crippen molar-refractivity contribution in [2.45, 2.75) is 18.9 Å². The molecular weight excluding hydrogens is 683 g/mol. The van der Waals surface area contributed by atoms with E-state index in [0.29, 0.717) is 18.3 Å². The van der Waals surface area contributed by atoms with Crippen LogP contribution in [-0.4, -0.2) is 28.1 Å². The summed E-state index contributed by atoms with van der Waals surface area (Å²) in [5.74, 6) is 1.16. The molecule has 0 N–H and O–H groups in total. The molecule has 5 nitrogen and oxygen atoms in total. The first kappa shape index (κ1) is 34.5. The fourth-order valence-corrected chi connectivity index (χ4v) is 7.69. The number of nitrogens with zero attached hydrogens (tertiary/aromatic N) is 5. The molecule has 2 aromatic heterocycles. The van der Waals surface area contributed by atoms with Crippen molar-refractivity contribution in [3.8, 4) is 33.5 Å². The molecule has 0 saturated heterocycles. The van der Waals surface area contributed by atoms with E-state index in [2.05, 4.69) is 138 Å². The number of aromatic nitrogens is 2. The van der Waals surface area contributed by atoms with Crippen molar-refractivity contribution in [3.63, 3.8) is 0 Å². The molecule has 2 heterocycles. The van der Waals surface area contributed by atoms with Crippen molar-refractivity contribution in [1.29, 1.82) is 0 Å². The molecule has 0 saturated carbocycles. The van der Waals surface area contributed by atoms with Crippen molar-refractivity contribution >= 4 is 35.5 Å². The molecule has 1 atom stereocenters. The summed E-state index contributed by atoms with van der Waals surface area (Å²) in [5, 5.41) is 1.12. The van der Waals surface area contributed by atoms with Gasteiger partial charge in [0.15, 0.2) is 5.84 Å². The SMILES string of the molecule is C=NC(=NC(=NCc1ccccc1)c1ccccc1)n1c2c(c3ccnc(-c4ccccc4)c31)CC(c1cc(-c3ccccc3)cc(-c3ccccc3)c1)C=C2. The van der Waals surface area contributed by atoms with E-state index in [1.165, 1.54) is 33.4 Å². The highest BCUT2D eigenvalue weighted by Crippen LogP contribution is 2.41. The minimum atomic E-state index is 0.130. The molecule has 0 spiro atoms. The lowest BCUT2D eigenvalue weighted by Crippen LogP contribution is -2.16. The monoisotopic (exact) mass is 721 g/mol. The normalized spacial score (nSPS) is 14.1. The molecule has 1 aliphatic carbocycles. The molecule has 0 amide bonds. The molecule has 1 aliphatic rings. The van der Waals surface area contributed by atoms with Crippen LogP contribution in [0.3, 0.4) is 0 Å². The molecule has 6 aromatic carbocycles. The Balaban J connectivity index is 1.22. The first-order chi connectivity index (χ1) is 27.7. The Hall–Kier alpha value is -7.24. The van der Waals surface area contributed by atoms with E-state index in [9.17, 15) is 0 Å². The zero-order chi connectivity index (χ0) is 37.7. The minimum absolute atomic E-state index is 0.130. The third-order valence-electron chi connectivity index (χ3n) is 10.4. The summed E-state index contributed by atoms with van der Waals surface area (Å²) in [5.41, 5.74) is 13.1. The van der Waals surface area contributed by atoms with Gasteiger partial charge in [0.25, 0.3) is 0 Å². The van der Waals surface area contributed by atoms with Gasteiger partial charge in [0.1, 0.15) is 0 Å². The zero-order valence-corrected chi connectivity index (χ0v) is 30.9. The lowest BCUT2D eigenvalue weighted by molar-refractivity contribution is 0.828. The van der Waals surface area contributed by atoms with Crippen molar-refractivity contribution in [2.24, 2.45) is 15.0 Å². The molecular formula is C51H39N5. The predicted octanol–water partition coefficient (Wildman–Crippen LogP) is 11.9. The molecule has 268 valence electrons. The van der Waals surface area contributed by atoms with Crippen LogP contribution in [0.5, 0.6) is 0 Å². The van der Waals surface area contributed by atoms with E-state index in [1.807, 2.05) is 72.9 Å². The van der Waals surface area contributed by atoms with Gasteiger partial charge in [-0.3, -0.25) is 14.5 Å². The van der Waals surface area contributed by atoms with Gasteiger partial charge in [-0.1, -0.05) is 170 Å². The molecule has 8 aromatic rings. The molecule has 0 aliphatic heterocycles. The second kappa shape index (κ2) is 15.6. The van der Waals surface area contributed by atoms with Gasteiger partial charge in [-0.25, -0.2) is 4.99 Å². The lowest BCUT2D eigenvalue weighted by Gasteiger charge is -2.21. The largest absolute Gasteiger partial charge is 0.276 e. The lowest BCUT2D eigenvalue weighted by atomic mass is 9.84. The van der Waals surface area contributed by atoms with Gasteiger partial charge in [0.05, 0.1) is 23.4 Å². The van der Waals surface area contributed by atoms with E-state index in [4.69, 9.17) is 15.0 Å². The fourth-order valence-electron chi connectivity index (χ4n) is 7.69. The summed E-state index contributed by atoms with van der Waals surface area (Å²) >= 11 is 0. The molecule has 1 unspecified atom stereocenters. The molecule has 5 heteroatoms. The van der Waals surface area contributed by atoms with Crippen molar-refractivity contribution in [2.75, 3.05) is 0 Å². The number of allylic oxidation sites excluding steroid dienone is 1. The van der Waals surface area contributed by atoms with Crippen LogP contribution in [0.4, 0.5) is 0 Å². The summed E-state index contributed by atoms with van der Waals surface area (Å²) in [4.78, 5) is 19.9. The third kappa shape index (κ3) is 6.94. The summed E-state index contributed by atoms with van der Waals surface area (Å²) < 4.78 is 2.14. The second-order valence-electron chi connectivity index (χ2n) is 13.9. The summed E-state index contributed by atoms with van der Waals surface area (Å²) in [6.45, 7) is 4.56. The number of pyridine rings is 1. The Bertz CT molecular complexity index is 2670. The molecule has 0 bridgehead atoms. The highest BCUT2D eigenvalue weighted by Gasteiger charge is 2.28. The summed E-state index contributed by atoms with van der Waals surface area (Å²) in [6, 6.07) is 61.1. The summed E-state index contributed by atoms with van der Waals surface area (Å²) in [7, 11) is 0. The number of amidine groups is 1. The Labute approximate surface area is 327 Å². The van der Waals surface area contributed by atoms with E-state index in [0.717, 1.165) is 45.4 Å². The Morgan fingerprint density at radius 1 is 0.643 bits per heavy atom. The van der Waals surface area contributed by atoms with E-state index < -0.39 is 0 Å². The van der Waals surface area contributed by atoms with Crippen LogP contribution < -0.4 is 0 Å². The van der Waals surface area contributed by atoms with Crippen LogP contribution in [0.25, 0.3) is 50.5 Å². The highest BCUT2D eigenvalue weighted by atomic mass is 15.2. The van der Waals surface area contributed by atoms with Gasteiger partial charge in [0.2, 0.25) is 5.96 Å². The quantitative estimate of drug-likeness (QED) is 0.119. The van der Waals surface area contributed by atoms with Crippen molar-refractivity contribution in [1.82, 2.24) is 9.55 Å². The van der Waals surface area contributed by atoms with Crippen LogP contribution >= 0.6 is 0 Å². The highest BCUT2D eigenvalue weighted by molar-refractivity contribution is 6.12. The van der Waals surface area contributed by atoms with Crippen molar-refractivity contribution in [3.05, 3.63) is 216 Å². The van der Waals surface area contributed by atoms with E-state index in [-0.39, 0.29) is 5.92 Å². The Morgan fingerprint density at radius 3 is 1.82 bits per heavy atom. The molecule has 56 heavy (non-hydrogen) atoms. The van der Waals surface area contributed by atoms with E-state index in [1.54, 1.807) is 0 Å². The number of benzene rings is 6. The smallest absolute Gasteiger partial charge is 0.236 e. The maximum absolute atomic E-state index is 5.22. The Kier molecular flexibility index (Phi) is 9.63. The first-order valence-electron chi connectivity index (χ1n) is 18.9. The van der Waals surface area contributed by atoms with Crippen LogP contribution in [0.1, 0.15) is 33.9 Å². The number of rotatable bonds is 7. The first-order valence-corrected chi connectivity index (χ1v) is 18.9. The van der Waals surface area contributed by atoms with Gasteiger partial charge >= 0.3 is 0 Å². The van der Waals surface area contributed by atoms with Gasteiger partial charge in [0, 0.05) is 28.6 Å². The van der Waals surface area contributed by atoms with E-state index >= 15 is 0 Å². The third-order valence-corrected chi connectivity index (χ3v) is 10.4. The second-order valence-corrected chi connectivity index (χ2v) is 13.9. The summed E-state index contributed by atoms with van der Waals surface area (Å²) in [6.07, 6.45) is 7.27. The number of aliphatic imine (C=N–C) groups is 3. The maximum atomic E-state index is 5.22. The topological polar surface area (TPSA) is 54.9 Å². The average molecular weight is 722 g/mol. The van der Waals surface area contributed by atoms with Crippen LogP contribution in [0, 0.1) is 0 Å². The fraction of sp³-hybridized carbons (Fsp3) is 0.0588. The number of fused-ring (bicyclic) bond motifs is 3. The van der Waals surface area contributed by atoms with Gasteiger partial charge < -0.3 is 0 Å². The van der Waals surface area contributed by atoms with Gasteiger partial charge in [-0.05, 0) is 70.3 Å².